The van der Waals surface area contributed by atoms with E-state index in [9.17, 15) is 12.8 Å². The number of rotatable bonds is 5. The number of benzene rings is 2. The topological polar surface area (TPSA) is 37.4 Å². The Balaban J connectivity index is 2.52. The Hall–Kier alpha value is -1.37. The van der Waals surface area contributed by atoms with Crippen LogP contribution < -0.4 is 4.31 Å². The smallest absolute Gasteiger partial charge is 0.262 e. The summed E-state index contributed by atoms with van der Waals surface area (Å²) >= 11 is 9.01. The van der Waals surface area contributed by atoms with Crippen molar-refractivity contribution in [2.75, 3.05) is 10.8 Å². The number of hydrogen-bond donors (Lipinski definition) is 0. The number of anilines is 1. The van der Waals surface area contributed by atoms with Crippen LogP contribution in [0, 0.1) is 5.82 Å². The third-order valence-corrected chi connectivity index (χ3v) is 5.51. The van der Waals surface area contributed by atoms with Gasteiger partial charge in [0.25, 0.3) is 10.0 Å². The zero-order valence-electron chi connectivity index (χ0n) is 11.3. The summed E-state index contributed by atoms with van der Waals surface area (Å²) in [7, 11) is -3.80. The second kappa shape index (κ2) is 6.81. The summed E-state index contributed by atoms with van der Waals surface area (Å²) in [5, 5.41) is -0.141. The highest BCUT2D eigenvalue weighted by atomic mass is 79.9. The number of nitrogens with zero attached hydrogens (tertiary/aromatic N) is 1. The molecule has 2 aromatic carbocycles. The van der Waals surface area contributed by atoms with Crippen molar-refractivity contribution in [2.45, 2.75) is 4.90 Å². The first-order valence-corrected chi connectivity index (χ1v) is 8.81. The van der Waals surface area contributed by atoms with E-state index < -0.39 is 15.8 Å². The van der Waals surface area contributed by atoms with Gasteiger partial charge < -0.3 is 0 Å². The minimum Gasteiger partial charge on any atom is -0.262 e. The normalized spacial score (nSPS) is 11.2. The Morgan fingerprint density at radius 1 is 1.23 bits per heavy atom. The predicted octanol–water partition coefficient (Wildman–Crippen LogP) is 4.62. The van der Waals surface area contributed by atoms with Crippen molar-refractivity contribution in [3.8, 4) is 0 Å². The number of hydrogen-bond acceptors (Lipinski definition) is 2. The van der Waals surface area contributed by atoms with Gasteiger partial charge in [-0.05, 0) is 42.5 Å². The van der Waals surface area contributed by atoms with Crippen molar-refractivity contribution < 1.29 is 12.8 Å². The van der Waals surface area contributed by atoms with Gasteiger partial charge in [-0.15, -0.1) is 6.58 Å². The summed E-state index contributed by atoms with van der Waals surface area (Å²) in [6.07, 6.45) is 1.45. The van der Waals surface area contributed by atoms with Gasteiger partial charge in [-0.25, -0.2) is 12.8 Å². The van der Waals surface area contributed by atoms with E-state index >= 15 is 0 Å². The van der Waals surface area contributed by atoms with Crippen molar-refractivity contribution in [3.05, 3.63) is 70.4 Å². The van der Waals surface area contributed by atoms with Gasteiger partial charge in [-0.3, -0.25) is 4.31 Å². The maximum absolute atomic E-state index is 13.3. The van der Waals surface area contributed by atoms with Crippen LogP contribution in [0.15, 0.2) is 64.5 Å². The van der Waals surface area contributed by atoms with Crippen molar-refractivity contribution in [1.82, 2.24) is 0 Å². The lowest BCUT2D eigenvalue weighted by Gasteiger charge is -2.23. The highest BCUT2D eigenvalue weighted by molar-refractivity contribution is 9.10. The molecule has 0 atom stereocenters. The molecule has 0 bridgehead atoms. The standard InChI is InChI=1S/C15H12BrClFNO2S/c1-2-9-19(12-5-8-15(18)14(17)10-12)22(20,21)13-6-3-11(16)4-7-13/h2-8,10H,1,9H2. The Bertz CT molecular complexity index is 794. The Morgan fingerprint density at radius 3 is 2.41 bits per heavy atom. The third-order valence-electron chi connectivity index (χ3n) is 2.89. The maximum Gasteiger partial charge on any atom is 0.264 e. The highest BCUT2D eigenvalue weighted by Gasteiger charge is 2.24. The zero-order valence-corrected chi connectivity index (χ0v) is 14.5. The molecule has 0 heterocycles. The van der Waals surface area contributed by atoms with E-state index in [4.69, 9.17) is 11.6 Å². The molecule has 2 rings (SSSR count). The van der Waals surface area contributed by atoms with Crippen LogP contribution in [0.5, 0.6) is 0 Å². The van der Waals surface area contributed by atoms with Gasteiger partial charge in [0.05, 0.1) is 22.2 Å². The van der Waals surface area contributed by atoms with E-state index in [-0.39, 0.29) is 22.2 Å². The molecule has 0 amide bonds. The summed E-state index contributed by atoms with van der Waals surface area (Å²) in [5.41, 5.74) is 0.272. The summed E-state index contributed by atoms with van der Waals surface area (Å²) in [4.78, 5) is 0.123. The molecule has 0 aliphatic heterocycles. The monoisotopic (exact) mass is 403 g/mol. The Labute approximate surface area is 142 Å². The van der Waals surface area contributed by atoms with Crippen LogP contribution >= 0.6 is 27.5 Å². The van der Waals surface area contributed by atoms with Crippen LogP contribution in [0.2, 0.25) is 5.02 Å². The molecule has 0 N–H and O–H groups in total. The molecule has 0 unspecified atom stereocenters. The summed E-state index contributed by atoms with van der Waals surface area (Å²) < 4.78 is 40.7. The first-order valence-electron chi connectivity index (χ1n) is 6.20. The fraction of sp³-hybridized carbons (Fsp3) is 0.0667. The van der Waals surface area contributed by atoms with Crippen LogP contribution in [0.1, 0.15) is 0 Å². The van der Waals surface area contributed by atoms with Crippen LogP contribution in [0.4, 0.5) is 10.1 Å². The lowest BCUT2D eigenvalue weighted by molar-refractivity contribution is 0.592. The SMILES string of the molecule is C=CCN(c1ccc(F)c(Cl)c1)S(=O)(=O)c1ccc(Br)cc1. The van der Waals surface area contributed by atoms with Crippen LogP contribution in [-0.2, 0) is 10.0 Å². The van der Waals surface area contributed by atoms with E-state index in [1.165, 1.54) is 30.3 Å². The van der Waals surface area contributed by atoms with Crippen molar-refractivity contribution in [1.29, 1.82) is 0 Å². The van der Waals surface area contributed by atoms with Crippen LogP contribution in [-0.4, -0.2) is 15.0 Å². The lowest BCUT2D eigenvalue weighted by atomic mass is 10.3. The summed E-state index contributed by atoms with van der Waals surface area (Å²) in [5.74, 6) is -0.606. The van der Waals surface area contributed by atoms with E-state index in [1.807, 2.05) is 0 Å². The molecular weight excluding hydrogens is 393 g/mol. The zero-order chi connectivity index (χ0) is 16.3. The maximum atomic E-state index is 13.3. The molecule has 22 heavy (non-hydrogen) atoms. The van der Waals surface area contributed by atoms with Crippen LogP contribution in [0.25, 0.3) is 0 Å². The van der Waals surface area contributed by atoms with Gasteiger partial charge in [-0.2, -0.15) is 0 Å². The van der Waals surface area contributed by atoms with Gasteiger partial charge in [-0.1, -0.05) is 33.6 Å². The van der Waals surface area contributed by atoms with Gasteiger partial charge in [0.15, 0.2) is 0 Å². The molecule has 3 nitrogen and oxygen atoms in total. The number of sulfonamides is 1. The first kappa shape index (κ1) is 17.0. The van der Waals surface area contributed by atoms with E-state index in [0.29, 0.717) is 0 Å². The van der Waals surface area contributed by atoms with Crippen molar-refractivity contribution in [3.63, 3.8) is 0 Å². The van der Waals surface area contributed by atoms with Gasteiger partial charge in [0, 0.05) is 4.47 Å². The molecule has 0 aliphatic carbocycles. The van der Waals surface area contributed by atoms with E-state index in [2.05, 4.69) is 22.5 Å². The molecule has 0 spiro atoms. The molecule has 0 aromatic heterocycles. The quantitative estimate of drug-likeness (QED) is 0.682. The van der Waals surface area contributed by atoms with E-state index in [1.54, 1.807) is 12.1 Å². The van der Waals surface area contributed by atoms with Gasteiger partial charge in [0.1, 0.15) is 5.82 Å². The van der Waals surface area contributed by atoms with Gasteiger partial charge in [0.2, 0.25) is 0 Å². The molecule has 116 valence electrons. The van der Waals surface area contributed by atoms with Crippen LogP contribution in [0.3, 0.4) is 0 Å². The molecule has 2 aromatic rings. The summed E-state index contributed by atoms with van der Waals surface area (Å²) in [6, 6.07) is 10.0. The molecule has 0 saturated heterocycles. The molecule has 0 saturated carbocycles. The third kappa shape index (κ3) is 3.51. The molecule has 0 fully saturated rings. The average molecular weight is 405 g/mol. The number of halogens is 3. The average Bonchev–Trinajstić information content (AvgIpc) is 2.48. The molecular formula is C15H12BrClFNO2S. The second-order valence-corrected chi connectivity index (χ2v) is 7.56. The minimum atomic E-state index is -3.80. The first-order chi connectivity index (χ1) is 10.4. The second-order valence-electron chi connectivity index (χ2n) is 4.38. The molecule has 7 heteroatoms. The fourth-order valence-corrected chi connectivity index (χ4v) is 3.70. The largest absolute Gasteiger partial charge is 0.264 e. The van der Waals surface area contributed by atoms with Gasteiger partial charge >= 0.3 is 0 Å². The highest BCUT2D eigenvalue weighted by Crippen LogP contribution is 2.28. The molecule has 0 aliphatic rings. The Kier molecular flexibility index (Phi) is 5.26. The summed E-state index contributed by atoms with van der Waals surface area (Å²) in [6.45, 7) is 3.61. The van der Waals surface area contributed by atoms with Crippen molar-refractivity contribution >= 4 is 43.2 Å². The Morgan fingerprint density at radius 2 is 1.86 bits per heavy atom. The lowest BCUT2D eigenvalue weighted by Crippen LogP contribution is -2.31. The minimum absolute atomic E-state index is 0.0420. The van der Waals surface area contributed by atoms with Crippen molar-refractivity contribution in [2.24, 2.45) is 0 Å². The fourth-order valence-electron chi connectivity index (χ4n) is 1.83. The van der Waals surface area contributed by atoms with E-state index in [0.717, 1.165) is 14.8 Å². The molecule has 0 radical (unpaired) electrons. The predicted molar refractivity (Wildman–Crippen MR) is 90.3 cm³/mol.